The fraction of sp³-hybridized carbons (Fsp3) is 0.143. The second-order valence-corrected chi connectivity index (χ2v) is 1.99. The predicted molar refractivity (Wildman–Crippen MR) is 47.2 cm³/mol. The molecule has 0 fully saturated rings. The highest BCUT2D eigenvalue weighted by Gasteiger charge is 2.13. The fourth-order valence-electron chi connectivity index (χ4n) is 0.768. The van der Waals surface area contributed by atoms with Crippen LogP contribution in [0.15, 0.2) is 34.5 Å². The summed E-state index contributed by atoms with van der Waals surface area (Å²) >= 11 is 0. The first-order chi connectivity index (χ1) is 5.79. The van der Waals surface area contributed by atoms with Crippen molar-refractivity contribution >= 4 is 12.2 Å². The highest BCUT2D eigenvalue weighted by molar-refractivity contribution is 6.01. The molecule has 0 aliphatic carbocycles. The molecule has 1 rings (SSSR count). The van der Waals surface area contributed by atoms with Crippen LogP contribution in [0.1, 0.15) is 0 Å². The van der Waals surface area contributed by atoms with E-state index in [0.29, 0.717) is 11.5 Å². The average molecular weight is 166 g/mol. The summed E-state index contributed by atoms with van der Waals surface area (Å²) < 4.78 is 0. The lowest BCUT2D eigenvalue weighted by molar-refractivity contribution is -0.0935. The third kappa shape index (κ3) is 1.51. The largest absolute Gasteiger partial charge is 0.382 e. The zero-order valence-corrected chi connectivity index (χ0v) is 6.77. The van der Waals surface area contributed by atoms with Crippen molar-refractivity contribution in [3.05, 3.63) is 24.4 Å². The topological polar surface area (TPSA) is 63.2 Å². The summed E-state index contributed by atoms with van der Waals surface area (Å²) in [5.41, 5.74) is 6.13. The Labute approximate surface area is 70.5 Å². The minimum atomic E-state index is 0.353. The highest BCUT2D eigenvalue weighted by atomic mass is 16.7. The maximum Gasteiger partial charge on any atom is 0.153 e. The second-order valence-electron chi connectivity index (χ2n) is 1.99. The summed E-state index contributed by atoms with van der Waals surface area (Å²) in [6.45, 7) is 3.54. The number of hydrazone groups is 1. The Kier molecular flexibility index (Phi) is 2.60. The van der Waals surface area contributed by atoms with Gasteiger partial charge < -0.3 is 5.73 Å². The van der Waals surface area contributed by atoms with E-state index >= 15 is 0 Å². The highest BCUT2D eigenvalue weighted by Crippen LogP contribution is 2.08. The van der Waals surface area contributed by atoms with Crippen molar-refractivity contribution in [2.45, 2.75) is 0 Å². The van der Waals surface area contributed by atoms with Gasteiger partial charge in [0.05, 0.1) is 7.11 Å². The van der Waals surface area contributed by atoms with E-state index in [2.05, 4.69) is 16.7 Å². The molecule has 1 aliphatic heterocycles. The lowest BCUT2D eigenvalue weighted by Crippen LogP contribution is -2.30. The van der Waals surface area contributed by atoms with Gasteiger partial charge in [0, 0.05) is 0 Å². The molecule has 0 amide bonds. The van der Waals surface area contributed by atoms with Crippen LogP contribution in [0.5, 0.6) is 0 Å². The molecule has 0 saturated carbocycles. The van der Waals surface area contributed by atoms with Crippen molar-refractivity contribution in [1.29, 1.82) is 0 Å². The molecule has 0 atom stereocenters. The van der Waals surface area contributed by atoms with Gasteiger partial charge in [-0.15, -0.1) is 10.3 Å². The molecule has 0 aromatic rings. The van der Waals surface area contributed by atoms with Crippen LogP contribution < -0.4 is 5.73 Å². The number of nitrogens with zero attached hydrogens (tertiary/aromatic N) is 3. The first kappa shape index (κ1) is 8.48. The Balaban J connectivity index is 2.93. The van der Waals surface area contributed by atoms with Gasteiger partial charge in [0.25, 0.3) is 0 Å². The number of nitrogens with two attached hydrogens (primary N) is 1. The number of rotatable bonds is 2. The first-order valence-electron chi connectivity index (χ1n) is 3.32. The number of hydrogen-bond acceptors (Lipinski definition) is 5. The molecule has 0 unspecified atom stereocenters. The minimum Gasteiger partial charge on any atom is -0.382 e. The molecule has 0 spiro atoms. The van der Waals surface area contributed by atoms with Gasteiger partial charge in [-0.25, -0.2) is 4.99 Å². The van der Waals surface area contributed by atoms with Gasteiger partial charge in [-0.3, -0.25) is 4.84 Å². The minimum absolute atomic E-state index is 0.353. The van der Waals surface area contributed by atoms with Crippen LogP contribution in [-0.2, 0) is 4.84 Å². The summed E-state index contributed by atoms with van der Waals surface area (Å²) in [6, 6.07) is 0. The molecule has 2 N–H and O–H groups in total. The molecule has 1 heterocycles. The first-order valence-corrected chi connectivity index (χ1v) is 3.32. The second kappa shape index (κ2) is 3.68. The van der Waals surface area contributed by atoms with E-state index in [-0.39, 0.29) is 0 Å². The van der Waals surface area contributed by atoms with Gasteiger partial charge in [-0.05, 0) is 6.08 Å². The SMILES string of the molecule is C=C/C=C1/C(N)=NC=NN1OC. The van der Waals surface area contributed by atoms with Crippen LogP contribution in [0, 0.1) is 0 Å². The molecule has 0 saturated heterocycles. The maximum absolute atomic E-state index is 5.55. The number of hydrogen-bond donors (Lipinski definition) is 1. The fourth-order valence-corrected chi connectivity index (χ4v) is 0.768. The lowest BCUT2D eigenvalue weighted by Gasteiger charge is -2.19. The van der Waals surface area contributed by atoms with Gasteiger partial charge in [0.15, 0.2) is 5.84 Å². The summed E-state index contributed by atoms with van der Waals surface area (Å²) in [5.74, 6) is 0.353. The molecule has 0 radical (unpaired) electrons. The van der Waals surface area contributed by atoms with Crippen molar-refractivity contribution in [3.8, 4) is 0 Å². The van der Waals surface area contributed by atoms with Crippen molar-refractivity contribution in [2.24, 2.45) is 15.8 Å². The molecule has 64 valence electrons. The standard InChI is InChI=1S/C7H10N4O/c1-3-4-6-7(8)9-5-10-11(6)12-2/h3-5H,1H2,2H3,(H2,8,9,10)/b6-4-. The monoisotopic (exact) mass is 166 g/mol. The number of amidine groups is 1. The Morgan fingerprint density at radius 3 is 3.08 bits per heavy atom. The summed E-state index contributed by atoms with van der Waals surface area (Å²) in [4.78, 5) is 8.68. The van der Waals surface area contributed by atoms with E-state index in [1.165, 1.54) is 18.6 Å². The Morgan fingerprint density at radius 1 is 1.75 bits per heavy atom. The number of aliphatic imine (C=N–C) groups is 1. The summed E-state index contributed by atoms with van der Waals surface area (Å²) in [5, 5.41) is 5.07. The van der Waals surface area contributed by atoms with Gasteiger partial charge in [0.1, 0.15) is 12.0 Å². The molecule has 1 aliphatic rings. The zero-order valence-electron chi connectivity index (χ0n) is 6.77. The maximum atomic E-state index is 5.55. The van der Waals surface area contributed by atoms with E-state index in [4.69, 9.17) is 10.6 Å². The van der Waals surface area contributed by atoms with E-state index in [9.17, 15) is 0 Å². The summed E-state index contributed by atoms with van der Waals surface area (Å²) in [7, 11) is 1.49. The van der Waals surface area contributed by atoms with Crippen molar-refractivity contribution < 1.29 is 4.84 Å². The zero-order chi connectivity index (χ0) is 8.97. The molecule has 5 nitrogen and oxygen atoms in total. The number of allylic oxidation sites excluding steroid dienone is 2. The molecular weight excluding hydrogens is 156 g/mol. The van der Waals surface area contributed by atoms with E-state index in [1.807, 2.05) is 0 Å². The van der Waals surface area contributed by atoms with Crippen LogP contribution >= 0.6 is 0 Å². The third-order valence-electron chi connectivity index (χ3n) is 1.27. The van der Waals surface area contributed by atoms with Crippen molar-refractivity contribution in [2.75, 3.05) is 7.11 Å². The lowest BCUT2D eigenvalue weighted by atomic mass is 10.3. The normalized spacial score (nSPS) is 19.6. The van der Waals surface area contributed by atoms with Gasteiger partial charge in [-0.2, -0.15) is 0 Å². The van der Waals surface area contributed by atoms with Crippen LogP contribution in [0.25, 0.3) is 0 Å². The average Bonchev–Trinajstić information content (AvgIpc) is 2.09. The molecule has 0 aromatic heterocycles. The quantitative estimate of drug-likeness (QED) is 0.638. The third-order valence-corrected chi connectivity index (χ3v) is 1.27. The van der Waals surface area contributed by atoms with Crippen LogP contribution in [0.3, 0.4) is 0 Å². The Hall–Kier alpha value is -1.62. The van der Waals surface area contributed by atoms with E-state index in [0.717, 1.165) is 0 Å². The van der Waals surface area contributed by atoms with Gasteiger partial charge in [0.2, 0.25) is 0 Å². The van der Waals surface area contributed by atoms with Crippen molar-refractivity contribution in [3.63, 3.8) is 0 Å². The van der Waals surface area contributed by atoms with E-state index < -0.39 is 0 Å². The number of hydroxylamine groups is 1. The molecular formula is C7H10N4O. The van der Waals surface area contributed by atoms with E-state index in [1.54, 1.807) is 12.2 Å². The van der Waals surface area contributed by atoms with Crippen LogP contribution in [0.2, 0.25) is 0 Å². The van der Waals surface area contributed by atoms with Gasteiger partial charge >= 0.3 is 0 Å². The molecule has 0 bridgehead atoms. The van der Waals surface area contributed by atoms with Crippen LogP contribution in [0.4, 0.5) is 0 Å². The Morgan fingerprint density at radius 2 is 2.50 bits per heavy atom. The smallest absolute Gasteiger partial charge is 0.153 e. The molecule has 5 heteroatoms. The van der Waals surface area contributed by atoms with Gasteiger partial charge in [-0.1, -0.05) is 12.7 Å². The predicted octanol–water partition coefficient (Wildman–Crippen LogP) is 0.234. The molecule has 0 aromatic carbocycles. The summed E-state index contributed by atoms with van der Waals surface area (Å²) in [6.07, 6.45) is 4.57. The molecule has 12 heavy (non-hydrogen) atoms. The van der Waals surface area contributed by atoms with Crippen LogP contribution in [-0.4, -0.2) is 24.5 Å². The Bertz CT molecular complexity index is 267. The van der Waals surface area contributed by atoms with Crippen molar-refractivity contribution in [1.82, 2.24) is 5.17 Å².